The van der Waals surface area contributed by atoms with Crippen LogP contribution in [0.4, 0.5) is 0 Å². The van der Waals surface area contributed by atoms with Crippen LogP contribution in [0, 0.1) is 17.8 Å². The van der Waals surface area contributed by atoms with Gasteiger partial charge in [-0.15, -0.1) is 0 Å². The van der Waals surface area contributed by atoms with Gasteiger partial charge in [-0.05, 0) is 43.6 Å². The van der Waals surface area contributed by atoms with Crippen molar-refractivity contribution in [2.75, 3.05) is 20.1 Å². The van der Waals surface area contributed by atoms with Crippen LogP contribution in [-0.4, -0.2) is 30.9 Å². The van der Waals surface area contributed by atoms with Gasteiger partial charge in [-0.1, -0.05) is 20.3 Å². The molecule has 1 amide bonds. The van der Waals surface area contributed by atoms with Crippen LogP contribution in [0.5, 0.6) is 0 Å². The van der Waals surface area contributed by atoms with Crippen LogP contribution >= 0.6 is 0 Å². The molecule has 3 atom stereocenters. The quantitative estimate of drug-likeness (QED) is 0.707. The van der Waals surface area contributed by atoms with Gasteiger partial charge in [-0.25, -0.2) is 0 Å². The lowest BCUT2D eigenvalue weighted by Crippen LogP contribution is -2.29. The monoisotopic (exact) mass is 240 g/mol. The first-order valence-electron chi connectivity index (χ1n) is 7.02. The largest absolute Gasteiger partial charge is 0.345 e. The van der Waals surface area contributed by atoms with E-state index in [0.29, 0.717) is 18.2 Å². The maximum atomic E-state index is 11.9. The molecule has 1 fully saturated rings. The van der Waals surface area contributed by atoms with Crippen LogP contribution in [0.3, 0.4) is 0 Å². The molecular weight excluding hydrogens is 212 g/mol. The Balaban J connectivity index is 2.18. The first-order chi connectivity index (χ1) is 8.08. The van der Waals surface area contributed by atoms with Crippen molar-refractivity contribution in [1.29, 1.82) is 0 Å². The van der Waals surface area contributed by atoms with Gasteiger partial charge in [-0.3, -0.25) is 4.79 Å². The lowest BCUT2D eigenvalue weighted by Gasteiger charge is -2.19. The summed E-state index contributed by atoms with van der Waals surface area (Å²) in [5.74, 6) is 2.51. The second-order valence-electron chi connectivity index (χ2n) is 5.64. The molecule has 0 radical (unpaired) electrons. The molecular formula is C14H28N2O. The van der Waals surface area contributed by atoms with Gasteiger partial charge in [0.1, 0.15) is 0 Å². The molecule has 17 heavy (non-hydrogen) atoms. The van der Waals surface area contributed by atoms with Crippen molar-refractivity contribution >= 4 is 5.91 Å². The van der Waals surface area contributed by atoms with E-state index < -0.39 is 0 Å². The van der Waals surface area contributed by atoms with E-state index in [4.69, 9.17) is 5.73 Å². The number of nitrogens with two attached hydrogens (primary N) is 1. The molecule has 0 aromatic heterocycles. The number of hydrogen-bond acceptors (Lipinski definition) is 2. The first-order valence-corrected chi connectivity index (χ1v) is 7.02. The van der Waals surface area contributed by atoms with Crippen molar-refractivity contribution in [3.05, 3.63) is 0 Å². The minimum Gasteiger partial charge on any atom is -0.345 e. The smallest absolute Gasteiger partial charge is 0.222 e. The number of amides is 1. The van der Waals surface area contributed by atoms with E-state index in [0.717, 1.165) is 44.2 Å². The van der Waals surface area contributed by atoms with Crippen molar-refractivity contribution in [2.24, 2.45) is 23.5 Å². The molecule has 0 heterocycles. The Morgan fingerprint density at radius 3 is 2.59 bits per heavy atom. The summed E-state index contributed by atoms with van der Waals surface area (Å²) in [5.41, 5.74) is 5.57. The third-order valence-electron chi connectivity index (χ3n) is 4.13. The van der Waals surface area contributed by atoms with Crippen LogP contribution in [0.15, 0.2) is 0 Å². The predicted octanol–water partition coefficient (Wildman–Crippen LogP) is 2.26. The van der Waals surface area contributed by atoms with Gasteiger partial charge < -0.3 is 10.6 Å². The van der Waals surface area contributed by atoms with Crippen LogP contribution in [0.25, 0.3) is 0 Å². The molecule has 0 aromatic carbocycles. The summed E-state index contributed by atoms with van der Waals surface area (Å²) >= 11 is 0. The summed E-state index contributed by atoms with van der Waals surface area (Å²) in [7, 11) is 1.94. The summed E-state index contributed by atoms with van der Waals surface area (Å²) in [6.45, 7) is 6.13. The molecule has 0 aromatic rings. The highest BCUT2D eigenvalue weighted by molar-refractivity contribution is 5.75. The van der Waals surface area contributed by atoms with E-state index in [1.807, 2.05) is 11.9 Å². The molecule has 3 nitrogen and oxygen atoms in total. The van der Waals surface area contributed by atoms with Crippen molar-refractivity contribution in [3.8, 4) is 0 Å². The minimum absolute atomic E-state index is 0.305. The third-order valence-corrected chi connectivity index (χ3v) is 4.13. The van der Waals surface area contributed by atoms with Crippen LogP contribution < -0.4 is 5.73 Å². The van der Waals surface area contributed by atoms with Crippen LogP contribution in [-0.2, 0) is 4.79 Å². The number of carbonyl (C=O) groups is 1. The van der Waals surface area contributed by atoms with Gasteiger partial charge in [0.2, 0.25) is 5.91 Å². The van der Waals surface area contributed by atoms with Gasteiger partial charge in [-0.2, -0.15) is 0 Å². The summed E-state index contributed by atoms with van der Waals surface area (Å²) in [5, 5.41) is 0. The van der Waals surface area contributed by atoms with E-state index in [-0.39, 0.29) is 0 Å². The fourth-order valence-corrected chi connectivity index (χ4v) is 2.41. The summed E-state index contributed by atoms with van der Waals surface area (Å²) in [6, 6.07) is 0. The predicted molar refractivity (Wildman–Crippen MR) is 71.6 cm³/mol. The van der Waals surface area contributed by atoms with Crippen LogP contribution in [0.1, 0.15) is 46.0 Å². The topological polar surface area (TPSA) is 46.3 Å². The zero-order valence-corrected chi connectivity index (χ0v) is 11.6. The van der Waals surface area contributed by atoms with E-state index in [2.05, 4.69) is 13.8 Å². The molecule has 1 saturated carbocycles. The molecule has 0 saturated heterocycles. The minimum atomic E-state index is 0.305. The summed E-state index contributed by atoms with van der Waals surface area (Å²) in [4.78, 5) is 13.9. The fourth-order valence-electron chi connectivity index (χ4n) is 2.41. The van der Waals surface area contributed by atoms with Crippen molar-refractivity contribution in [3.63, 3.8) is 0 Å². The van der Waals surface area contributed by atoms with E-state index in [9.17, 15) is 4.79 Å². The number of nitrogens with zero attached hydrogens (tertiary/aromatic N) is 1. The fraction of sp³-hybridized carbons (Fsp3) is 0.929. The zero-order chi connectivity index (χ0) is 12.8. The number of rotatable bonds is 8. The van der Waals surface area contributed by atoms with Crippen molar-refractivity contribution < 1.29 is 4.79 Å². The van der Waals surface area contributed by atoms with E-state index >= 15 is 0 Å². The molecule has 1 rings (SSSR count). The average molecular weight is 240 g/mol. The molecule has 0 spiro atoms. The lowest BCUT2D eigenvalue weighted by atomic mass is 9.96. The van der Waals surface area contributed by atoms with Crippen molar-refractivity contribution in [1.82, 2.24) is 4.90 Å². The average Bonchev–Trinajstić information content (AvgIpc) is 2.99. The first kappa shape index (κ1) is 14.5. The Labute approximate surface area is 106 Å². The van der Waals surface area contributed by atoms with Gasteiger partial charge in [0, 0.05) is 20.0 Å². The Kier molecular flexibility index (Phi) is 5.96. The summed E-state index contributed by atoms with van der Waals surface area (Å²) < 4.78 is 0. The van der Waals surface area contributed by atoms with E-state index in [1.54, 1.807) is 0 Å². The van der Waals surface area contributed by atoms with E-state index in [1.165, 1.54) is 6.42 Å². The maximum Gasteiger partial charge on any atom is 0.222 e. The second-order valence-corrected chi connectivity index (χ2v) is 5.64. The number of hydrogen-bond donors (Lipinski definition) is 1. The SMILES string of the molecule is CCC(CCN)CCC(=O)N(C)CC1CC1C. The highest BCUT2D eigenvalue weighted by Gasteiger charge is 2.34. The molecule has 2 N–H and O–H groups in total. The summed E-state index contributed by atoms with van der Waals surface area (Å²) in [6.07, 6.45) is 5.16. The second kappa shape index (κ2) is 7.00. The Bertz CT molecular complexity index is 242. The molecule has 3 unspecified atom stereocenters. The van der Waals surface area contributed by atoms with Gasteiger partial charge >= 0.3 is 0 Å². The van der Waals surface area contributed by atoms with Crippen molar-refractivity contribution in [2.45, 2.75) is 46.0 Å². The Morgan fingerprint density at radius 1 is 1.47 bits per heavy atom. The standard InChI is InChI=1S/C14H28N2O/c1-4-12(7-8-15)5-6-14(17)16(3)10-13-9-11(13)2/h11-13H,4-10,15H2,1-3H3. The maximum absolute atomic E-state index is 11.9. The molecule has 1 aliphatic carbocycles. The normalized spacial score (nSPS) is 24.5. The Hall–Kier alpha value is -0.570. The molecule has 0 aliphatic heterocycles. The van der Waals surface area contributed by atoms with Gasteiger partial charge in [0.05, 0.1) is 0 Å². The molecule has 1 aliphatic rings. The molecule has 100 valence electrons. The number of carbonyl (C=O) groups excluding carboxylic acids is 1. The highest BCUT2D eigenvalue weighted by atomic mass is 16.2. The van der Waals surface area contributed by atoms with Gasteiger partial charge in [0.25, 0.3) is 0 Å². The Morgan fingerprint density at radius 2 is 2.12 bits per heavy atom. The third kappa shape index (κ3) is 5.07. The van der Waals surface area contributed by atoms with Gasteiger partial charge in [0.15, 0.2) is 0 Å². The lowest BCUT2D eigenvalue weighted by molar-refractivity contribution is -0.130. The zero-order valence-electron chi connectivity index (χ0n) is 11.6. The highest BCUT2D eigenvalue weighted by Crippen LogP contribution is 2.38. The molecule has 3 heteroatoms. The molecule has 0 bridgehead atoms. The van der Waals surface area contributed by atoms with Crippen LogP contribution in [0.2, 0.25) is 0 Å².